The first-order valence-electron chi connectivity index (χ1n) is 6.39. The highest BCUT2D eigenvalue weighted by molar-refractivity contribution is 5.89. The predicted octanol–water partition coefficient (Wildman–Crippen LogP) is 2.32. The van der Waals surface area contributed by atoms with Crippen LogP contribution in [0.5, 0.6) is 5.75 Å². The van der Waals surface area contributed by atoms with Gasteiger partial charge in [0, 0.05) is 11.6 Å². The van der Waals surface area contributed by atoms with E-state index in [9.17, 15) is 14.9 Å². The lowest BCUT2D eigenvalue weighted by atomic mass is 10.1. The molecule has 0 amide bonds. The third-order valence-corrected chi connectivity index (χ3v) is 3.57. The number of hydrogen-bond donors (Lipinski definition) is 1. The number of rotatable bonds is 6. The van der Waals surface area contributed by atoms with E-state index in [4.69, 9.17) is 9.84 Å². The Hall–Kier alpha value is -2.15. The molecule has 1 N–H and O–H groups in total. The number of nitro benzene ring substituents is 1. The van der Waals surface area contributed by atoms with Crippen LogP contribution < -0.4 is 4.74 Å². The molecule has 0 bridgehead atoms. The average molecular weight is 296 g/mol. The molecular formula is C14H20N2O5. The molecule has 1 rings (SSSR count). The SMILES string of the molecule is Cc1c(OCC(C)(C)N(C)C)cc(C(=O)O)cc1[N+](=O)[O-]. The Kier molecular flexibility index (Phi) is 4.90. The summed E-state index contributed by atoms with van der Waals surface area (Å²) in [7, 11) is 3.79. The van der Waals surface area contributed by atoms with Gasteiger partial charge < -0.3 is 14.7 Å². The number of nitrogens with zero attached hydrogens (tertiary/aromatic N) is 2. The maximum absolute atomic E-state index is 11.1. The van der Waals surface area contributed by atoms with E-state index in [0.717, 1.165) is 6.07 Å². The first kappa shape index (κ1) is 16.9. The van der Waals surface area contributed by atoms with Crippen molar-refractivity contribution in [3.8, 4) is 5.75 Å². The van der Waals surface area contributed by atoms with Crippen LogP contribution in [0.4, 0.5) is 5.69 Å². The van der Waals surface area contributed by atoms with Crippen molar-refractivity contribution in [1.82, 2.24) is 4.90 Å². The molecule has 0 atom stereocenters. The Morgan fingerprint density at radius 2 is 2.00 bits per heavy atom. The van der Waals surface area contributed by atoms with E-state index in [-0.39, 0.29) is 29.1 Å². The fraction of sp³-hybridized carbons (Fsp3) is 0.500. The van der Waals surface area contributed by atoms with Crippen LogP contribution in [0.1, 0.15) is 29.8 Å². The van der Waals surface area contributed by atoms with Crippen molar-refractivity contribution >= 4 is 11.7 Å². The zero-order valence-electron chi connectivity index (χ0n) is 12.8. The number of nitro groups is 1. The molecule has 0 unspecified atom stereocenters. The minimum absolute atomic E-state index is 0.162. The zero-order chi connectivity index (χ0) is 16.4. The van der Waals surface area contributed by atoms with E-state index in [1.807, 2.05) is 32.8 Å². The van der Waals surface area contributed by atoms with Gasteiger partial charge in [-0.15, -0.1) is 0 Å². The number of benzene rings is 1. The molecule has 0 heterocycles. The van der Waals surface area contributed by atoms with Gasteiger partial charge in [-0.2, -0.15) is 0 Å². The molecule has 7 heteroatoms. The van der Waals surface area contributed by atoms with Crippen LogP contribution in [-0.4, -0.2) is 47.1 Å². The van der Waals surface area contributed by atoms with E-state index in [2.05, 4.69) is 0 Å². The Labute approximate surface area is 123 Å². The van der Waals surface area contributed by atoms with Gasteiger partial charge in [0.25, 0.3) is 5.69 Å². The number of aromatic carboxylic acids is 1. The monoisotopic (exact) mass is 296 g/mol. The van der Waals surface area contributed by atoms with Crippen molar-refractivity contribution in [3.63, 3.8) is 0 Å². The van der Waals surface area contributed by atoms with E-state index >= 15 is 0 Å². The number of ether oxygens (including phenoxy) is 1. The topological polar surface area (TPSA) is 92.9 Å². The Balaban J connectivity index is 3.17. The molecule has 21 heavy (non-hydrogen) atoms. The predicted molar refractivity (Wildman–Crippen MR) is 78.1 cm³/mol. The van der Waals surface area contributed by atoms with Crippen molar-refractivity contribution in [2.75, 3.05) is 20.7 Å². The highest BCUT2D eigenvalue weighted by Gasteiger charge is 2.24. The van der Waals surface area contributed by atoms with Crippen molar-refractivity contribution in [2.45, 2.75) is 26.3 Å². The number of carboxylic acid groups (broad SMARTS) is 1. The summed E-state index contributed by atoms with van der Waals surface area (Å²) in [6, 6.07) is 2.36. The molecule has 116 valence electrons. The molecule has 0 spiro atoms. The zero-order valence-corrected chi connectivity index (χ0v) is 12.8. The van der Waals surface area contributed by atoms with Crippen LogP contribution >= 0.6 is 0 Å². The lowest BCUT2D eigenvalue weighted by Crippen LogP contribution is -2.43. The van der Waals surface area contributed by atoms with E-state index in [1.165, 1.54) is 6.07 Å². The second kappa shape index (κ2) is 6.09. The maximum atomic E-state index is 11.1. The fourth-order valence-electron chi connectivity index (χ4n) is 1.52. The summed E-state index contributed by atoms with van der Waals surface area (Å²) < 4.78 is 5.64. The van der Waals surface area contributed by atoms with Gasteiger partial charge in [-0.3, -0.25) is 10.1 Å². The van der Waals surface area contributed by atoms with Crippen molar-refractivity contribution in [2.24, 2.45) is 0 Å². The van der Waals surface area contributed by atoms with E-state index in [1.54, 1.807) is 6.92 Å². The van der Waals surface area contributed by atoms with Gasteiger partial charge in [0.1, 0.15) is 12.4 Å². The lowest BCUT2D eigenvalue weighted by Gasteiger charge is -2.32. The highest BCUT2D eigenvalue weighted by Crippen LogP contribution is 2.30. The van der Waals surface area contributed by atoms with E-state index in [0.29, 0.717) is 5.56 Å². The quantitative estimate of drug-likeness (QED) is 0.639. The first-order valence-corrected chi connectivity index (χ1v) is 6.39. The summed E-state index contributed by atoms with van der Waals surface area (Å²) in [5, 5.41) is 20.0. The van der Waals surface area contributed by atoms with Crippen LogP contribution in [0.15, 0.2) is 12.1 Å². The third-order valence-electron chi connectivity index (χ3n) is 3.57. The molecule has 0 aliphatic carbocycles. The second-order valence-electron chi connectivity index (χ2n) is 5.68. The highest BCUT2D eigenvalue weighted by atomic mass is 16.6. The molecule has 0 aliphatic rings. The standard InChI is InChI=1S/C14H20N2O5/c1-9-11(16(19)20)6-10(13(17)18)7-12(9)21-8-14(2,3)15(4)5/h6-7H,8H2,1-5H3,(H,17,18). The summed E-state index contributed by atoms with van der Waals surface area (Å²) in [5.41, 5.74) is -0.391. The fourth-order valence-corrected chi connectivity index (χ4v) is 1.52. The molecule has 0 aliphatic heterocycles. The largest absolute Gasteiger partial charge is 0.491 e. The van der Waals surface area contributed by atoms with Gasteiger partial charge in [0.15, 0.2) is 0 Å². The van der Waals surface area contributed by atoms with Crippen molar-refractivity contribution < 1.29 is 19.6 Å². The molecule has 1 aromatic rings. The van der Waals surface area contributed by atoms with E-state index < -0.39 is 10.9 Å². The molecule has 0 radical (unpaired) electrons. The summed E-state index contributed by atoms with van der Waals surface area (Å²) in [6.45, 7) is 5.73. The van der Waals surface area contributed by atoms with Gasteiger partial charge in [-0.1, -0.05) is 0 Å². The number of likely N-dealkylation sites (N-methyl/N-ethyl adjacent to an activating group) is 1. The summed E-state index contributed by atoms with van der Waals surface area (Å²) in [5.74, 6) is -1.01. The first-order chi connectivity index (χ1) is 9.56. The summed E-state index contributed by atoms with van der Waals surface area (Å²) >= 11 is 0. The van der Waals surface area contributed by atoms with Crippen molar-refractivity contribution in [1.29, 1.82) is 0 Å². The lowest BCUT2D eigenvalue weighted by molar-refractivity contribution is -0.385. The van der Waals surface area contributed by atoms with Gasteiger partial charge >= 0.3 is 5.97 Å². The minimum atomic E-state index is -1.23. The molecule has 7 nitrogen and oxygen atoms in total. The molecular weight excluding hydrogens is 276 g/mol. The Bertz CT molecular complexity index is 567. The Morgan fingerprint density at radius 1 is 1.43 bits per heavy atom. The molecule has 0 saturated carbocycles. The molecule has 0 fully saturated rings. The van der Waals surface area contributed by atoms with Gasteiger partial charge in [-0.25, -0.2) is 4.79 Å². The van der Waals surface area contributed by atoms with Gasteiger partial charge in [0.05, 0.1) is 16.1 Å². The second-order valence-corrected chi connectivity index (χ2v) is 5.68. The molecule has 0 aromatic heterocycles. The molecule has 0 saturated heterocycles. The number of carbonyl (C=O) groups is 1. The summed E-state index contributed by atoms with van der Waals surface area (Å²) in [4.78, 5) is 23.4. The Morgan fingerprint density at radius 3 is 2.43 bits per heavy atom. The van der Waals surface area contributed by atoms with Crippen molar-refractivity contribution in [3.05, 3.63) is 33.4 Å². The normalized spacial score (nSPS) is 11.5. The number of carboxylic acids is 1. The smallest absolute Gasteiger partial charge is 0.336 e. The maximum Gasteiger partial charge on any atom is 0.336 e. The number of hydrogen-bond acceptors (Lipinski definition) is 5. The van der Waals surface area contributed by atoms with Gasteiger partial charge in [0.2, 0.25) is 0 Å². The van der Waals surface area contributed by atoms with Crippen LogP contribution in [0.25, 0.3) is 0 Å². The molecule has 1 aromatic carbocycles. The third kappa shape index (κ3) is 3.91. The summed E-state index contributed by atoms with van der Waals surface area (Å²) in [6.07, 6.45) is 0. The average Bonchev–Trinajstić information content (AvgIpc) is 2.36. The van der Waals surface area contributed by atoms with Gasteiger partial charge in [-0.05, 0) is 40.9 Å². The van der Waals surface area contributed by atoms with Crippen LogP contribution in [-0.2, 0) is 0 Å². The van der Waals surface area contributed by atoms with Crippen LogP contribution in [0.2, 0.25) is 0 Å². The minimum Gasteiger partial charge on any atom is -0.491 e. The van der Waals surface area contributed by atoms with Crippen LogP contribution in [0.3, 0.4) is 0 Å². The van der Waals surface area contributed by atoms with Crippen LogP contribution in [0, 0.1) is 17.0 Å².